The quantitative estimate of drug-likeness (QED) is 0.560. The van der Waals surface area contributed by atoms with Gasteiger partial charge in [0, 0.05) is 12.6 Å². The lowest BCUT2D eigenvalue weighted by molar-refractivity contribution is 1.39. The lowest BCUT2D eigenvalue weighted by atomic mass is 10.2. The van der Waals surface area contributed by atoms with Crippen LogP contribution in [0, 0.1) is 0 Å². The normalized spacial score (nSPS) is 10.5. The minimum atomic E-state index is 0. The number of hydrogen-bond acceptors (Lipinski definition) is 1. The van der Waals surface area contributed by atoms with Crippen molar-refractivity contribution in [3.05, 3.63) is 35.9 Å². The first-order chi connectivity index (χ1) is 4.84. The summed E-state index contributed by atoms with van der Waals surface area (Å²) in [5.74, 6) is 0.584. The van der Waals surface area contributed by atoms with E-state index in [1.54, 1.807) is 7.05 Å². The molecular formula is C8H11BrN2. The molecular weight excluding hydrogens is 204 g/mol. The zero-order valence-corrected chi connectivity index (χ0v) is 8.03. The average Bonchev–Trinajstić information content (AvgIpc) is 2.05. The second-order valence-electron chi connectivity index (χ2n) is 1.97. The minimum absolute atomic E-state index is 0. The predicted octanol–water partition coefficient (Wildman–Crippen LogP) is 1.60. The Morgan fingerprint density at radius 1 is 1.27 bits per heavy atom. The second kappa shape index (κ2) is 4.91. The third-order valence-electron chi connectivity index (χ3n) is 1.31. The van der Waals surface area contributed by atoms with Crippen LogP contribution in [0.3, 0.4) is 0 Å². The van der Waals surface area contributed by atoms with Gasteiger partial charge in [-0.25, -0.2) is 0 Å². The molecule has 0 aliphatic carbocycles. The summed E-state index contributed by atoms with van der Waals surface area (Å²) in [5, 5.41) is 0. The summed E-state index contributed by atoms with van der Waals surface area (Å²) in [5.41, 5.74) is 6.52. The minimum Gasteiger partial charge on any atom is -0.384 e. The molecule has 11 heavy (non-hydrogen) atoms. The van der Waals surface area contributed by atoms with Crippen LogP contribution in [-0.4, -0.2) is 12.9 Å². The number of rotatable bonds is 1. The third kappa shape index (κ3) is 2.72. The second-order valence-corrected chi connectivity index (χ2v) is 1.97. The van der Waals surface area contributed by atoms with Gasteiger partial charge in [-0.15, -0.1) is 17.0 Å². The molecule has 0 amide bonds. The number of amidine groups is 1. The highest BCUT2D eigenvalue weighted by atomic mass is 79.9. The van der Waals surface area contributed by atoms with E-state index < -0.39 is 0 Å². The Kier molecular flexibility index (Phi) is 4.54. The van der Waals surface area contributed by atoms with Gasteiger partial charge in [0.25, 0.3) is 0 Å². The van der Waals surface area contributed by atoms with Crippen LogP contribution in [0.4, 0.5) is 0 Å². The predicted molar refractivity (Wildman–Crippen MR) is 53.4 cm³/mol. The van der Waals surface area contributed by atoms with Gasteiger partial charge in [-0.05, 0) is 0 Å². The molecule has 0 saturated heterocycles. The maximum Gasteiger partial charge on any atom is 0.125 e. The van der Waals surface area contributed by atoms with Gasteiger partial charge in [0.1, 0.15) is 5.84 Å². The van der Waals surface area contributed by atoms with Crippen LogP contribution in [0.25, 0.3) is 0 Å². The molecule has 0 fully saturated rings. The van der Waals surface area contributed by atoms with E-state index in [1.165, 1.54) is 0 Å². The summed E-state index contributed by atoms with van der Waals surface area (Å²) in [6.07, 6.45) is 0. The lowest BCUT2D eigenvalue weighted by Gasteiger charge is -1.95. The zero-order chi connectivity index (χ0) is 7.40. The number of aliphatic imine (C=N–C) groups is 1. The van der Waals surface area contributed by atoms with Crippen LogP contribution in [0.5, 0.6) is 0 Å². The Labute approximate surface area is 76.9 Å². The number of nitrogens with zero attached hydrogens (tertiary/aromatic N) is 1. The van der Waals surface area contributed by atoms with Crippen molar-refractivity contribution < 1.29 is 0 Å². The van der Waals surface area contributed by atoms with E-state index >= 15 is 0 Å². The number of hydrogen-bond donors (Lipinski definition) is 1. The molecule has 0 radical (unpaired) electrons. The van der Waals surface area contributed by atoms with Crippen molar-refractivity contribution in [2.45, 2.75) is 0 Å². The van der Waals surface area contributed by atoms with Gasteiger partial charge in [-0.2, -0.15) is 0 Å². The molecule has 0 aliphatic rings. The molecule has 1 aromatic carbocycles. The van der Waals surface area contributed by atoms with Crippen LogP contribution in [-0.2, 0) is 0 Å². The fourth-order valence-electron chi connectivity index (χ4n) is 0.738. The molecule has 0 unspecified atom stereocenters. The van der Waals surface area contributed by atoms with Crippen molar-refractivity contribution >= 4 is 22.8 Å². The highest BCUT2D eigenvalue weighted by Gasteiger charge is 1.91. The van der Waals surface area contributed by atoms with Crippen LogP contribution in [0.1, 0.15) is 5.56 Å². The van der Waals surface area contributed by atoms with Crippen LogP contribution < -0.4 is 5.73 Å². The van der Waals surface area contributed by atoms with E-state index in [4.69, 9.17) is 5.73 Å². The van der Waals surface area contributed by atoms with Crippen LogP contribution in [0.15, 0.2) is 35.3 Å². The van der Waals surface area contributed by atoms with Gasteiger partial charge >= 0.3 is 0 Å². The Bertz CT molecular complexity index is 231. The Hall–Kier alpha value is -0.830. The largest absolute Gasteiger partial charge is 0.384 e. The molecule has 0 aromatic heterocycles. The molecule has 0 bridgehead atoms. The maximum absolute atomic E-state index is 5.54. The molecule has 3 heteroatoms. The Morgan fingerprint density at radius 2 is 1.82 bits per heavy atom. The van der Waals surface area contributed by atoms with E-state index in [1.807, 2.05) is 30.3 Å². The fraction of sp³-hybridized carbons (Fsp3) is 0.125. The summed E-state index contributed by atoms with van der Waals surface area (Å²) in [6.45, 7) is 0. The molecule has 2 N–H and O–H groups in total. The van der Waals surface area contributed by atoms with Crippen molar-refractivity contribution in [1.29, 1.82) is 0 Å². The number of benzene rings is 1. The molecule has 60 valence electrons. The van der Waals surface area contributed by atoms with Gasteiger partial charge in [0.2, 0.25) is 0 Å². The van der Waals surface area contributed by atoms with Gasteiger partial charge in [0.15, 0.2) is 0 Å². The van der Waals surface area contributed by atoms with Crippen molar-refractivity contribution in [3.63, 3.8) is 0 Å². The molecule has 1 rings (SSSR count). The molecule has 2 nitrogen and oxygen atoms in total. The summed E-state index contributed by atoms with van der Waals surface area (Å²) in [4.78, 5) is 3.85. The van der Waals surface area contributed by atoms with E-state index in [2.05, 4.69) is 4.99 Å². The summed E-state index contributed by atoms with van der Waals surface area (Å²) < 4.78 is 0. The summed E-state index contributed by atoms with van der Waals surface area (Å²) >= 11 is 0. The molecule has 0 aliphatic heterocycles. The zero-order valence-electron chi connectivity index (χ0n) is 6.32. The topological polar surface area (TPSA) is 38.4 Å². The summed E-state index contributed by atoms with van der Waals surface area (Å²) in [6, 6.07) is 9.69. The van der Waals surface area contributed by atoms with Gasteiger partial charge < -0.3 is 5.73 Å². The molecule has 0 spiro atoms. The number of halogens is 1. The van der Waals surface area contributed by atoms with Crippen LogP contribution >= 0.6 is 17.0 Å². The average molecular weight is 215 g/mol. The Balaban J connectivity index is 0.000001000. The number of nitrogens with two attached hydrogens (primary N) is 1. The standard InChI is InChI=1S/C8H10N2.BrH/c1-10-8(9)7-5-3-2-4-6-7;/h2-6H,1H3,(H2,9,10);1H. The third-order valence-corrected chi connectivity index (χ3v) is 1.31. The van der Waals surface area contributed by atoms with Crippen LogP contribution in [0.2, 0.25) is 0 Å². The maximum atomic E-state index is 5.54. The van der Waals surface area contributed by atoms with Gasteiger partial charge in [-0.3, -0.25) is 4.99 Å². The highest BCUT2D eigenvalue weighted by Crippen LogP contribution is 1.96. The fourth-order valence-corrected chi connectivity index (χ4v) is 0.738. The molecule has 0 saturated carbocycles. The first-order valence-corrected chi connectivity index (χ1v) is 3.12. The molecule has 0 heterocycles. The molecule has 1 aromatic rings. The van der Waals surface area contributed by atoms with Crippen molar-refractivity contribution in [3.8, 4) is 0 Å². The van der Waals surface area contributed by atoms with Crippen molar-refractivity contribution in [1.82, 2.24) is 0 Å². The van der Waals surface area contributed by atoms with Crippen molar-refractivity contribution in [2.24, 2.45) is 10.7 Å². The summed E-state index contributed by atoms with van der Waals surface area (Å²) in [7, 11) is 1.68. The van der Waals surface area contributed by atoms with Gasteiger partial charge in [0.05, 0.1) is 0 Å². The first-order valence-electron chi connectivity index (χ1n) is 3.12. The van der Waals surface area contributed by atoms with Crippen molar-refractivity contribution in [2.75, 3.05) is 7.05 Å². The first kappa shape index (κ1) is 10.2. The SMILES string of the molecule is Br.CN=C(N)c1ccccc1. The van der Waals surface area contributed by atoms with E-state index in [-0.39, 0.29) is 17.0 Å². The highest BCUT2D eigenvalue weighted by molar-refractivity contribution is 8.93. The van der Waals surface area contributed by atoms with Gasteiger partial charge in [-0.1, -0.05) is 30.3 Å². The smallest absolute Gasteiger partial charge is 0.125 e. The molecule has 0 atom stereocenters. The lowest BCUT2D eigenvalue weighted by Crippen LogP contribution is -2.12. The van der Waals surface area contributed by atoms with E-state index in [0.717, 1.165) is 5.56 Å². The Morgan fingerprint density at radius 3 is 2.27 bits per heavy atom. The van der Waals surface area contributed by atoms with E-state index in [9.17, 15) is 0 Å². The monoisotopic (exact) mass is 214 g/mol. The van der Waals surface area contributed by atoms with E-state index in [0.29, 0.717) is 5.84 Å².